The molecule has 1 aliphatic heterocycles. The average Bonchev–Trinajstić information content (AvgIpc) is 3.18. The molecule has 1 aromatic heterocycles. The SMILES string of the molecule is C=C[C@@H](CO)Nc1noc2c(F)c(F)c(C3OCCO3)cc12. The van der Waals surface area contributed by atoms with Gasteiger partial charge in [-0.05, 0) is 6.07 Å². The standard InChI is InChI=1S/C14H14F2N2O4/c1-2-7(6-19)17-13-9-5-8(14-20-3-4-21-14)10(15)11(16)12(9)22-18-13/h2,5,7,14,19H,1,3-4,6H2,(H,17,18)/t7-/m0/s1. The molecule has 3 rings (SSSR count). The van der Waals surface area contributed by atoms with Crippen LogP contribution >= 0.6 is 0 Å². The molecule has 0 unspecified atom stereocenters. The van der Waals surface area contributed by atoms with E-state index in [4.69, 9.17) is 19.1 Å². The van der Waals surface area contributed by atoms with Crippen LogP contribution in [0.5, 0.6) is 0 Å². The maximum absolute atomic E-state index is 14.1. The summed E-state index contributed by atoms with van der Waals surface area (Å²) in [5.41, 5.74) is -0.379. The van der Waals surface area contributed by atoms with Gasteiger partial charge in [0.1, 0.15) is 0 Å². The Balaban J connectivity index is 2.07. The Hall–Kier alpha value is -2.03. The number of ether oxygens (including phenoxy) is 2. The number of aliphatic hydroxyl groups excluding tert-OH is 1. The van der Waals surface area contributed by atoms with Crippen molar-refractivity contribution >= 4 is 16.8 Å². The van der Waals surface area contributed by atoms with Crippen LogP contribution in [0.2, 0.25) is 0 Å². The largest absolute Gasteiger partial charge is 0.394 e. The van der Waals surface area contributed by atoms with Gasteiger partial charge in [-0.25, -0.2) is 4.39 Å². The fourth-order valence-corrected chi connectivity index (χ4v) is 2.20. The Morgan fingerprint density at radius 2 is 2.14 bits per heavy atom. The molecule has 1 aliphatic rings. The van der Waals surface area contributed by atoms with E-state index >= 15 is 0 Å². The molecule has 1 fully saturated rings. The first kappa shape index (κ1) is 14.9. The lowest BCUT2D eigenvalue weighted by molar-refractivity contribution is -0.0467. The van der Waals surface area contributed by atoms with E-state index in [1.165, 1.54) is 12.1 Å². The number of aliphatic hydroxyl groups is 1. The number of hydrogen-bond donors (Lipinski definition) is 2. The van der Waals surface area contributed by atoms with Crippen LogP contribution < -0.4 is 5.32 Å². The minimum atomic E-state index is -1.16. The first-order chi connectivity index (χ1) is 10.7. The third-order valence-electron chi connectivity index (χ3n) is 3.35. The summed E-state index contributed by atoms with van der Waals surface area (Å²) >= 11 is 0. The Morgan fingerprint density at radius 3 is 2.77 bits per heavy atom. The van der Waals surface area contributed by atoms with Gasteiger partial charge in [-0.2, -0.15) is 4.39 Å². The van der Waals surface area contributed by atoms with Crippen molar-refractivity contribution in [3.05, 3.63) is 35.9 Å². The van der Waals surface area contributed by atoms with Gasteiger partial charge in [-0.15, -0.1) is 6.58 Å². The number of halogens is 2. The van der Waals surface area contributed by atoms with Crippen molar-refractivity contribution in [1.29, 1.82) is 0 Å². The van der Waals surface area contributed by atoms with Gasteiger partial charge in [-0.1, -0.05) is 11.2 Å². The fraction of sp³-hybridized carbons (Fsp3) is 0.357. The number of rotatable bonds is 5. The number of nitrogens with zero attached hydrogens (tertiary/aromatic N) is 1. The first-order valence-corrected chi connectivity index (χ1v) is 6.66. The normalized spacial score (nSPS) is 17.0. The molecular weight excluding hydrogens is 298 g/mol. The zero-order valence-electron chi connectivity index (χ0n) is 11.5. The lowest BCUT2D eigenvalue weighted by atomic mass is 10.1. The Bertz CT molecular complexity index is 698. The molecule has 0 amide bonds. The van der Waals surface area contributed by atoms with Crippen molar-refractivity contribution in [2.75, 3.05) is 25.1 Å². The number of aromatic nitrogens is 1. The molecule has 0 bridgehead atoms. The Labute approximate surface area is 124 Å². The molecule has 0 saturated carbocycles. The molecule has 0 spiro atoms. The van der Waals surface area contributed by atoms with E-state index in [1.54, 1.807) is 0 Å². The molecule has 22 heavy (non-hydrogen) atoms. The Kier molecular flexibility index (Phi) is 4.06. The topological polar surface area (TPSA) is 76.8 Å². The van der Waals surface area contributed by atoms with E-state index in [0.29, 0.717) is 13.2 Å². The Morgan fingerprint density at radius 1 is 1.41 bits per heavy atom. The molecule has 1 atom stereocenters. The molecular formula is C14H14F2N2O4. The zero-order valence-corrected chi connectivity index (χ0v) is 11.5. The predicted octanol–water partition coefficient (Wildman–Crippen LogP) is 2.11. The van der Waals surface area contributed by atoms with Crippen LogP contribution in [0.15, 0.2) is 23.2 Å². The van der Waals surface area contributed by atoms with Gasteiger partial charge >= 0.3 is 0 Å². The van der Waals surface area contributed by atoms with E-state index in [-0.39, 0.29) is 29.0 Å². The smallest absolute Gasteiger partial charge is 0.207 e. The quantitative estimate of drug-likeness (QED) is 0.824. The van der Waals surface area contributed by atoms with Gasteiger partial charge in [0.05, 0.1) is 31.2 Å². The van der Waals surface area contributed by atoms with Crippen LogP contribution in [0, 0.1) is 11.6 Å². The highest BCUT2D eigenvalue weighted by Gasteiger charge is 2.28. The van der Waals surface area contributed by atoms with Crippen molar-refractivity contribution in [3.63, 3.8) is 0 Å². The molecule has 2 heterocycles. The second kappa shape index (κ2) is 5.99. The number of nitrogens with one attached hydrogen (secondary N) is 1. The highest BCUT2D eigenvalue weighted by molar-refractivity contribution is 5.89. The first-order valence-electron chi connectivity index (χ1n) is 6.66. The van der Waals surface area contributed by atoms with Crippen LogP contribution in [-0.4, -0.2) is 36.1 Å². The molecule has 1 aromatic carbocycles. The number of benzene rings is 1. The van der Waals surface area contributed by atoms with E-state index in [0.717, 1.165) is 0 Å². The lowest BCUT2D eigenvalue weighted by Crippen LogP contribution is -2.20. The van der Waals surface area contributed by atoms with Crippen LogP contribution in [0.3, 0.4) is 0 Å². The van der Waals surface area contributed by atoms with Crippen molar-refractivity contribution in [2.45, 2.75) is 12.3 Å². The molecule has 2 aromatic rings. The van der Waals surface area contributed by atoms with E-state index < -0.39 is 24.0 Å². The van der Waals surface area contributed by atoms with Crippen LogP contribution in [0.25, 0.3) is 11.0 Å². The average molecular weight is 312 g/mol. The highest BCUT2D eigenvalue weighted by atomic mass is 19.2. The number of anilines is 1. The summed E-state index contributed by atoms with van der Waals surface area (Å²) < 4.78 is 43.5. The second-order valence-electron chi connectivity index (χ2n) is 4.74. The minimum absolute atomic E-state index is 0.0621. The lowest BCUT2D eigenvalue weighted by Gasteiger charge is -2.12. The van der Waals surface area contributed by atoms with E-state index in [2.05, 4.69) is 17.1 Å². The molecule has 0 aliphatic carbocycles. The van der Waals surface area contributed by atoms with Gasteiger partial charge < -0.3 is 24.4 Å². The molecule has 2 N–H and O–H groups in total. The summed E-state index contributed by atoms with van der Waals surface area (Å²) in [7, 11) is 0. The molecule has 0 radical (unpaired) electrons. The maximum atomic E-state index is 14.1. The second-order valence-corrected chi connectivity index (χ2v) is 4.74. The number of fused-ring (bicyclic) bond motifs is 1. The van der Waals surface area contributed by atoms with Crippen LogP contribution in [-0.2, 0) is 9.47 Å². The summed E-state index contributed by atoms with van der Waals surface area (Å²) in [6.07, 6.45) is 0.500. The maximum Gasteiger partial charge on any atom is 0.207 e. The monoisotopic (exact) mass is 312 g/mol. The molecule has 118 valence electrons. The third kappa shape index (κ3) is 2.45. The fourth-order valence-electron chi connectivity index (χ4n) is 2.20. The van der Waals surface area contributed by atoms with Gasteiger partial charge in [-0.3, -0.25) is 0 Å². The third-order valence-corrected chi connectivity index (χ3v) is 3.35. The van der Waals surface area contributed by atoms with Crippen LogP contribution in [0.1, 0.15) is 11.9 Å². The van der Waals surface area contributed by atoms with Crippen molar-refractivity contribution in [1.82, 2.24) is 5.16 Å². The van der Waals surface area contributed by atoms with Crippen molar-refractivity contribution in [2.24, 2.45) is 0 Å². The van der Waals surface area contributed by atoms with E-state index in [9.17, 15) is 8.78 Å². The summed E-state index contributed by atoms with van der Waals surface area (Å²) in [6, 6.07) is 0.865. The van der Waals surface area contributed by atoms with Gasteiger partial charge in [0, 0.05) is 5.56 Å². The highest BCUT2D eigenvalue weighted by Crippen LogP contribution is 2.34. The molecule has 6 nitrogen and oxygen atoms in total. The minimum Gasteiger partial charge on any atom is -0.394 e. The van der Waals surface area contributed by atoms with E-state index in [1.807, 2.05) is 0 Å². The predicted molar refractivity (Wildman–Crippen MR) is 73.3 cm³/mol. The summed E-state index contributed by atoms with van der Waals surface area (Å²) in [4.78, 5) is 0. The zero-order chi connectivity index (χ0) is 15.7. The van der Waals surface area contributed by atoms with Gasteiger partial charge in [0.15, 0.2) is 17.9 Å². The summed E-state index contributed by atoms with van der Waals surface area (Å²) in [6.45, 7) is 3.93. The number of hydrogen-bond acceptors (Lipinski definition) is 6. The van der Waals surface area contributed by atoms with Crippen molar-refractivity contribution < 1.29 is 27.9 Å². The van der Waals surface area contributed by atoms with Gasteiger partial charge in [0.25, 0.3) is 0 Å². The van der Waals surface area contributed by atoms with Crippen molar-refractivity contribution in [3.8, 4) is 0 Å². The summed E-state index contributed by atoms with van der Waals surface area (Å²) in [5.74, 6) is -2.08. The summed E-state index contributed by atoms with van der Waals surface area (Å²) in [5, 5.41) is 15.9. The van der Waals surface area contributed by atoms with Crippen LogP contribution in [0.4, 0.5) is 14.6 Å². The molecule has 8 heteroatoms. The molecule has 1 saturated heterocycles. The van der Waals surface area contributed by atoms with Gasteiger partial charge in [0.2, 0.25) is 11.4 Å².